The summed E-state index contributed by atoms with van der Waals surface area (Å²) in [4.78, 5) is 12.5. The van der Waals surface area contributed by atoms with E-state index in [0.717, 1.165) is 35.3 Å². The Kier molecular flexibility index (Phi) is 8.93. The summed E-state index contributed by atoms with van der Waals surface area (Å²) in [5, 5.41) is 2.96. The van der Waals surface area contributed by atoms with Gasteiger partial charge in [-0.2, -0.15) is 0 Å². The average molecular weight is 495 g/mol. The van der Waals surface area contributed by atoms with Crippen LogP contribution in [-0.2, 0) is 23.0 Å². The lowest BCUT2D eigenvalue weighted by molar-refractivity contribution is 0.0953. The fraction of sp³-hybridized carbons (Fsp3) is 0.321. The summed E-state index contributed by atoms with van der Waals surface area (Å²) in [7, 11) is -3.48. The number of sulfonamides is 1. The Hall–Kier alpha value is -3.32. The molecular weight excluding hydrogens is 460 g/mol. The molecule has 0 unspecified atom stereocenters. The van der Waals surface area contributed by atoms with Gasteiger partial charge in [-0.1, -0.05) is 42.5 Å². The Bertz CT molecular complexity index is 1220. The largest absolute Gasteiger partial charge is 0.494 e. The maximum atomic E-state index is 12.6. The summed E-state index contributed by atoms with van der Waals surface area (Å²) < 4.78 is 32.0. The third kappa shape index (κ3) is 7.33. The summed E-state index contributed by atoms with van der Waals surface area (Å²) in [5.74, 6) is 0.722. The van der Waals surface area contributed by atoms with Crippen LogP contribution in [0, 0.1) is 13.8 Å². The number of nitrogens with one attached hydrogen (secondary N) is 1. The standard InChI is InChI=1S/C28H34N2O4S/c1-5-34-26-17-13-23(14-18-26)10-7-19-29-28(31)25-15-11-24(12-16-25)20-30(35(4,32)33)27-21(2)8-6-9-22(27)3/h6,8-9,11-18H,5,7,10,19-20H2,1-4H3,(H,29,31). The molecule has 0 saturated carbocycles. The van der Waals surface area contributed by atoms with E-state index < -0.39 is 10.0 Å². The van der Waals surface area contributed by atoms with Crippen LogP contribution in [0.2, 0.25) is 0 Å². The number of benzene rings is 3. The number of hydrogen-bond acceptors (Lipinski definition) is 4. The first-order chi connectivity index (χ1) is 16.7. The Balaban J connectivity index is 1.57. The quantitative estimate of drug-likeness (QED) is 0.379. The topological polar surface area (TPSA) is 75.7 Å². The van der Waals surface area contributed by atoms with Crippen molar-refractivity contribution in [2.45, 2.75) is 40.2 Å². The van der Waals surface area contributed by atoms with Crippen molar-refractivity contribution in [2.24, 2.45) is 0 Å². The van der Waals surface area contributed by atoms with Crippen LogP contribution in [-0.4, -0.2) is 33.7 Å². The van der Waals surface area contributed by atoms with Crippen molar-refractivity contribution in [1.82, 2.24) is 5.32 Å². The number of amides is 1. The zero-order chi connectivity index (χ0) is 25.4. The number of anilines is 1. The van der Waals surface area contributed by atoms with Crippen molar-refractivity contribution < 1.29 is 17.9 Å². The smallest absolute Gasteiger partial charge is 0.251 e. The minimum atomic E-state index is -3.48. The molecule has 0 aliphatic rings. The average Bonchev–Trinajstić information content (AvgIpc) is 2.82. The van der Waals surface area contributed by atoms with Gasteiger partial charge in [0.05, 0.1) is 25.1 Å². The predicted molar refractivity (Wildman–Crippen MR) is 142 cm³/mol. The van der Waals surface area contributed by atoms with Crippen LogP contribution in [0.1, 0.15) is 46.0 Å². The van der Waals surface area contributed by atoms with E-state index in [1.807, 2.05) is 63.2 Å². The number of aryl methyl sites for hydroxylation is 3. The number of rotatable bonds is 11. The molecule has 1 N–H and O–H groups in total. The van der Waals surface area contributed by atoms with Gasteiger partial charge in [0.25, 0.3) is 5.91 Å². The molecule has 3 aromatic carbocycles. The number of carbonyl (C=O) groups is 1. The summed E-state index contributed by atoms with van der Waals surface area (Å²) >= 11 is 0. The van der Waals surface area contributed by atoms with Gasteiger partial charge in [0.15, 0.2) is 0 Å². The van der Waals surface area contributed by atoms with E-state index in [2.05, 4.69) is 5.32 Å². The Morgan fingerprint density at radius 1 is 0.914 bits per heavy atom. The van der Waals surface area contributed by atoms with Crippen LogP contribution in [0.5, 0.6) is 5.75 Å². The lowest BCUT2D eigenvalue weighted by atomic mass is 10.1. The second kappa shape index (κ2) is 11.9. The van der Waals surface area contributed by atoms with Gasteiger partial charge in [-0.05, 0) is 80.1 Å². The van der Waals surface area contributed by atoms with Crippen LogP contribution in [0.4, 0.5) is 5.69 Å². The van der Waals surface area contributed by atoms with Gasteiger partial charge < -0.3 is 10.1 Å². The summed E-state index contributed by atoms with van der Waals surface area (Å²) in [6.45, 7) is 7.19. The molecule has 0 fully saturated rings. The van der Waals surface area contributed by atoms with Gasteiger partial charge in [0, 0.05) is 12.1 Å². The van der Waals surface area contributed by atoms with Crippen LogP contribution in [0.25, 0.3) is 0 Å². The zero-order valence-corrected chi connectivity index (χ0v) is 21.7. The van der Waals surface area contributed by atoms with Crippen molar-refractivity contribution in [3.05, 3.63) is 94.5 Å². The van der Waals surface area contributed by atoms with Gasteiger partial charge in [-0.15, -0.1) is 0 Å². The lowest BCUT2D eigenvalue weighted by Gasteiger charge is -2.26. The Labute approximate surface area is 209 Å². The number of hydrogen-bond donors (Lipinski definition) is 1. The molecule has 35 heavy (non-hydrogen) atoms. The third-order valence-electron chi connectivity index (χ3n) is 5.79. The van der Waals surface area contributed by atoms with E-state index in [0.29, 0.717) is 24.4 Å². The highest BCUT2D eigenvalue weighted by Crippen LogP contribution is 2.28. The summed E-state index contributed by atoms with van der Waals surface area (Å²) in [6, 6.07) is 20.8. The van der Waals surface area contributed by atoms with Crippen molar-refractivity contribution in [3.63, 3.8) is 0 Å². The highest BCUT2D eigenvalue weighted by atomic mass is 32.2. The number of ether oxygens (including phenoxy) is 1. The van der Waals surface area contributed by atoms with E-state index in [-0.39, 0.29) is 12.5 Å². The summed E-state index contributed by atoms with van der Waals surface area (Å²) in [6.07, 6.45) is 2.91. The molecule has 0 atom stereocenters. The van der Waals surface area contributed by atoms with Crippen LogP contribution < -0.4 is 14.4 Å². The van der Waals surface area contributed by atoms with E-state index in [1.165, 1.54) is 16.1 Å². The van der Waals surface area contributed by atoms with E-state index in [9.17, 15) is 13.2 Å². The molecule has 186 valence electrons. The molecule has 3 rings (SSSR count). The Morgan fingerprint density at radius 3 is 2.09 bits per heavy atom. The van der Waals surface area contributed by atoms with Crippen molar-refractivity contribution >= 4 is 21.6 Å². The first-order valence-corrected chi connectivity index (χ1v) is 13.7. The van der Waals surface area contributed by atoms with Gasteiger partial charge in [0.1, 0.15) is 5.75 Å². The normalized spacial score (nSPS) is 11.2. The molecule has 0 aliphatic carbocycles. The van der Waals surface area contributed by atoms with Crippen molar-refractivity contribution in [1.29, 1.82) is 0 Å². The van der Waals surface area contributed by atoms with Crippen LogP contribution in [0.15, 0.2) is 66.7 Å². The van der Waals surface area contributed by atoms with Gasteiger partial charge in [-0.3, -0.25) is 9.10 Å². The first kappa shape index (κ1) is 26.3. The fourth-order valence-corrected chi connectivity index (χ4v) is 5.01. The zero-order valence-electron chi connectivity index (χ0n) is 20.9. The van der Waals surface area contributed by atoms with Gasteiger partial charge in [-0.25, -0.2) is 8.42 Å². The minimum absolute atomic E-state index is 0.141. The monoisotopic (exact) mass is 494 g/mol. The van der Waals surface area contributed by atoms with E-state index >= 15 is 0 Å². The van der Waals surface area contributed by atoms with Gasteiger partial charge in [0.2, 0.25) is 10.0 Å². The number of nitrogens with zero attached hydrogens (tertiary/aromatic N) is 1. The molecule has 0 spiro atoms. The molecule has 0 heterocycles. The molecule has 0 aromatic heterocycles. The second-order valence-corrected chi connectivity index (χ2v) is 10.6. The lowest BCUT2D eigenvalue weighted by Crippen LogP contribution is -2.30. The summed E-state index contributed by atoms with van der Waals surface area (Å²) in [5.41, 5.74) is 5.06. The minimum Gasteiger partial charge on any atom is -0.494 e. The molecule has 0 bridgehead atoms. The van der Waals surface area contributed by atoms with Crippen molar-refractivity contribution in [2.75, 3.05) is 23.7 Å². The maximum absolute atomic E-state index is 12.6. The van der Waals surface area contributed by atoms with Crippen LogP contribution >= 0.6 is 0 Å². The molecule has 6 nitrogen and oxygen atoms in total. The number of carbonyl (C=O) groups excluding carboxylic acids is 1. The fourth-order valence-electron chi connectivity index (χ4n) is 4.00. The highest BCUT2D eigenvalue weighted by molar-refractivity contribution is 7.92. The molecule has 3 aromatic rings. The second-order valence-electron chi connectivity index (χ2n) is 8.64. The molecule has 7 heteroatoms. The van der Waals surface area contributed by atoms with E-state index in [4.69, 9.17) is 4.74 Å². The molecular formula is C28H34N2O4S. The van der Waals surface area contributed by atoms with Gasteiger partial charge >= 0.3 is 0 Å². The maximum Gasteiger partial charge on any atom is 0.251 e. The highest BCUT2D eigenvalue weighted by Gasteiger charge is 2.21. The molecule has 0 radical (unpaired) electrons. The van der Waals surface area contributed by atoms with Crippen molar-refractivity contribution in [3.8, 4) is 5.75 Å². The third-order valence-corrected chi connectivity index (χ3v) is 6.91. The Morgan fingerprint density at radius 2 is 1.51 bits per heavy atom. The molecule has 0 aliphatic heterocycles. The van der Waals surface area contributed by atoms with E-state index in [1.54, 1.807) is 24.3 Å². The molecule has 1 amide bonds. The van der Waals surface area contributed by atoms with Crippen LogP contribution in [0.3, 0.4) is 0 Å². The SMILES string of the molecule is CCOc1ccc(CCCNC(=O)c2ccc(CN(c3c(C)cccc3C)S(C)(=O)=O)cc2)cc1. The predicted octanol–water partition coefficient (Wildman–Crippen LogP) is 5.03. The number of para-hydroxylation sites is 1. The first-order valence-electron chi connectivity index (χ1n) is 11.8. The molecule has 0 saturated heterocycles.